The first-order chi connectivity index (χ1) is 14.7. The molecule has 0 radical (unpaired) electrons. The second kappa shape index (κ2) is 8.44. The van der Waals surface area contributed by atoms with E-state index in [1.165, 1.54) is 30.4 Å². The van der Waals surface area contributed by atoms with Gasteiger partial charge in [-0.3, -0.25) is 5.10 Å². The van der Waals surface area contributed by atoms with Gasteiger partial charge in [0, 0.05) is 42.6 Å². The lowest BCUT2D eigenvalue weighted by Crippen LogP contribution is -2.28. The standard InChI is InChI=1S/C23H28N6O/c1-15-12-22(29-28-15)25-21-14-20(24-19-8-10-30-11-9-19)26-23(27-21)18-7-6-16-4-2-3-5-17(16)13-18/h6-7,12-14,19H,2-5,8-11H2,1H3,(H3,24,25,26,27,28,29). The van der Waals surface area contributed by atoms with E-state index in [2.05, 4.69) is 39.0 Å². The van der Waals surface area contributed by atoms with Gasteiger partial charge < -0.3 is 15.4 Å². The third-order valence-corrected chi connectivity index (χ3v) is 5.87. The van der Waals surface area contributed by atoms with Gasteiger partial charge in [-0.05, 0) is 62.6 Å². The number of aromatic amines is 1. The Kier molecular flexibility index (Phi) is 5.36. The molecule has 7 heteroatoms. The largest absolute Gasteiger partial charge is 0.381 e. The van der Waals surface area contributed by atoms with Gasteiger partial charge in [0.1, 0.15) is 11.6 Å². The zero-order valence-electron chi connectivity index (χ0n) is 17.4. The van der Waals surface area contributed by atoms with Crippen molar-refractivity contribution in [2.45, 2.75) is 51.5 Å². The van der Waals surface area contributed by atoms with Gasteiger partial charge >= 0.3 is 0 Å². The first-order valence-electron chi connectivity index (χ1n) is 10.9. The summed E-state index contributed by atoms with van der Waals surface area (Å²) in [4.78, 5) is 9.67. The minimum absolute atomic E-state index is 0.366. The van der Waals surface area contributed by atoms with Crippen LogP contribution >= 0.6 is 0 Å². The van der Waals surface area contributed by atoms with Crippen molar-refractivity contribution in [3.8, 4) is 11.4 Å². The summed E-state index contributed by atoms with van der Waals surface area (Å²) in [5.74, 6) is 3.05. The Bertz CT molecular complexity index is 1020. The topological polar surface area (TPSA) is 87.8 Å². The zero-order chi connectivity index (χ0) is 20.3. The van der Waals surface area contributed by atoms with Gasteiger partial charge in [0.25, 0.3) is 0 Å². The van der Waals surface area contributed by atoms with Gasteiger partial charge in [-0.1, -0.05) is 12.1 Å². The SMILES string of the molecule is Cc1cc(Nc2cc(NC3CCOCC3)nc(-c3ccc4c(c3)CCCC4)n2)n[nH]1. The van der Waals surface area contributed by atoms with Crippen LogP contribution < -0.4 is 10.6 Å². The molecule has 3 heterocycles. The van der Waals surface area contributed by atoms with Gasteiger partial charge in [-0.2, -0.15) is 5.10 Å². The first-order valence-corrected chi connectivity index (χ1v) is 10.9. The predicted molar refractivity (Wildman–Crippen MR) is 118 cm³/mol. The van der Waals surface area contributed by atoms with Crippen LogP contribution in [0, 0.1) is 6.92 Å². The van der Waals surface area contributed by atoms with Crippen molar-refractivity contribution >= 4 is 17.5 Å². The summed E-state index contributed by atoms with van der Waals surface area (Å²) in [5, 5.41) is 14.1. The van der Waals surface area contributed by atoms with E-state index in [1.807, 2.05) is 19.1 Å². The van der Waals surface area contributed by atoms with Crippen molar-refractivity contribution in [1.82, 2.24) is 20.2 Å². The normalized spacial score (nSPS) is 16.8. The van der Waals surface area contributed by atoms with Crippen molar-refractivity contribution in [3.05, 3.63) is 47.2 Å². The molecule has 3 N–H and O–H groups in total. The van der Waals surface area contributed by atoms with E-state index in [0.717, 1.165) is 67.0 Å². The summed E-state index contributed by atoms with van der Waals surface area (Å²) in [5.41, 5.74) is 4.96. The molecule has 7 nitrogen and oxygen atoms in total. The van der Waals surface area contributed by atoms with Crippen molar-refractivity contribution in [2.75, 3.05) is 23.8 Å². The monoisotopic (exact) mass is 404 g/mol. The van der Waals surface area contributed by atoms with E-state index in [9.17, 15) is 0 Å². The fourth-order valence-electron chi connectivity index (χ4n) is 4.25. The van der Waals surface area contributed by atoms with Crippen LogP contribution in [0.15, 0.2) is 30.3 Å². The number of aromatic nitrogens is 4. The smallest absolute Gasteiger partial charge is 0.163 e. The van der Waals surface area contributed by atoms with Crippen molar-refractivity contribution in [1.29, 1.82) is 0 Å². The lowest BCUT2D eigenvalue weighted by Gasteiger charge is -2.24. The lowest BCUT2D eigenvalue weighted by atomic mass is 9.90. The quantitative estimate of drug-likeness (QED) is 0.585. The van der Waals surface area contributed by atoms with E-state index >= 15 is 0 Å². The molecule has 0 spiro atoms. The van der Waals surface area contributed by atoms with E-state index < -0.39 is 0 Å². The Hall–Kier alpha value is -2.93. The molecule has 0 saturated carbocycles. The number of ether oxygens (including phenoxy) is 1. The van der Waals surface area contributed by atoms with Gasteiger partial charge in [0.15, 0.2) is 11.6 Å². The van der Waals surface area contributed by atoms with Crippen LogP contribution in [0.1, 0.15) is 42.5 Å². The molecule has 30 heavy (non-hydrogen) atoms. The van der Waals surface area contributed by atoms with Crippen LogP contribution in [0.2, 0.25) is 0 Å². The molecular formula is C23H28N6O. The summed E-state index contributed by atoms with van der Waals surface area (Å²) in [7, 11) is 0. The van der Waals surface area contributed by atoms with Crippen LogP contribution in [0.25, 0.3) is 11.4 Å². The molecule has 0 unspecified atom stereocenters. The number of benzene rings is 1. The molecule has 1 fully saturated rings. The van der Waals surface area contributed by atoms with Crippen LogP contribution in [0.3, 0.4) is 0 Å². The molecule has 0 bridgehead atoms. The Morgan fingerprint density at radius 2 is 1.73 bits per heavy atom. The number of hydrogen-bond acceptors (Lipinski definition) is 6. The average Bonchev–Trinajstić information content (AvgIpc) is 3.18. The number of rotatable bonds is 5. The maximum atomic E-state index is 5.49. The van der Waals surface area contributed by atoms with E-state index in [-0.39, 0.29) is 0 Å². The van der Waals surface area contributed by atoms with E-state index in [4.69, 9.17) is 14.7 Å². The maximum Gasteiger partial charge on any atom is 0.163 e. The van der Waals surface area contributed by atoms with Crippen molar-refractivity contribution in [3.63, 3.8) is 0 Å². The Balaban J connectivity index is 1.48. The lowest BCUT2D eigenvalue weighted by molar-refractivity contribution is 0.0904. The minimum atomic E-state index is 0.366. The highest BCUT2D eigenvalue weighted by atomic mass is 16.5. The Morgan fingerprint density at radius 1 is 0.933 bits per heavy atom. The summed E-state index contributed by atoms with van der Waals surface area (Å²) in [6.45, 7) is 3.56. The van der Waals surface area contributed by atoms with Crippen molar-refractivity contribution < 1.29 is 4.74 Å². The van der Waals surface area contributed by atoms with E-state index in [0.29, 0.717) is 6.04 Å². The average molecular weight is 405 g/mol. The van der Waals surface area contributed by atoms with Gasteiger partial charge in [-0.25, -0.2) is 9.97 Å². The van der Waals surface area contributed by atoms with Gasteiger partial charge in [0.05, 0.1) is 0 Å². The molecule has 0 amide bonds. The van der Waals surface area contributed by atoms with Crippen LogP contribution in [0.5, 0.6) is 0 Å². The molecule has 2 aromatic heterocycles. The molecule has 2 aliphatic rings. The van der Waals surface area contributed by atoms with E-state index in [1.54, 1.807) is 0 Å². The molecule has 1 aliphatic carbocycles. The fraction of sp³-hybridized carbons (Fsp3) is 0.435. The number of nitrogens with zero attached hydrogens (tertiary/aromatic N) is 3. The van der Waals surface area contributed by atoms with Crippen LogP contribution in [0.4, 0.5) is 17.5 Å². The van der Waals surface area contributed by atoms with Crippen LogP contribution in [-0.2, 0) is 17.6 Å². The number of nitrogens with one attached hydrogen (secondary N) is 3. The number of H-pyrrole nitrogens is 1. The maximum absolute atomic E-state index is 5.49. The predicted octanol–water partition coefficient (Wildman–Crippen LogP) is 4.39. The summed E-state index contributed by atoms with van der Waals surface area (Å²) < 4.78 is 5.49. The number of hydrogen-bond donors (Lipinski definition) is 3. The second-order valence-corrected chi connectivity index (χ2v) is 8.24. The molecule has 1 aliphatic heterocycles. The third kappa shape index (κ3) is 4.31. The number of fused-ring (bicyclic) bond motifs is 1. The third-order valence-electron chi connectivity index (χ3n) is 5.87. The number of anilines is 3. The molecule has 1 aromatic carbocycles. The fourth-order valence-corrected chi connectivity index (χ4v) is 4.25. The van der Waals surface area contributed by atoms with Gasteiger partial charge in [0.2, 0.25) is 0 Å². The van der Waals surface area contributed by atoms with Crippen LogP contribution in [-0.4, -0.2) is 39.4 Å². The molecule has 156 valence electrons. The molecule has 5 rings (SSSR count). The summed E-state index contributed by atoms with van der Waals surface area (Å²) in [6.07, 6.45) is 6.82. The number of aryl methyl sites for hydroxylation is 3. The highest BCUT2D eigenvalue weighted by Gasteiger charge is 2.17. The summed E-state index contributed by atoms with van der Waals surface area (Å²) in [6, 6.07) is 11.0. The summed E-state index contributed by atoms with van der Waals surface area (Å²) >= 11 is 0. The van der Waals surface area contributed by atoms with Gasteiger partial charge in [-0.15, -0.1) is 0 Å². The zero-order valence-corrected chi connectivity index (χ0v) is 17.4. The second-order valence-electron chi connectivity index (χ2n) is 8.24. The highest BCUT2D eigenvalue weighted by Crippen LogP contribution is 2.28. The molecular weight excluding hydrogens is 376 g/mol. The Labute approximate surface area is 176 Å². The van der Waals surface area contributed by atoms with Crippen molar-refractivity contribution in [2.24, 2.45) is 0 Å². The molecule has 1 saturated heterocycles. The molecule has 3 aromatic rings. The molecule has 0 atom stereocenters. The minimum Gasteiger partial charge on any atom is -0.381 e. The first kappa shape index (κ1) is 19.1. The Morgan fingerprint density at radius 3 is 2.53 bits per heavy atom. The highest BCUT2D eigenvalue weighted by molar-refractivity contribution is 5.65.